The van der Waals surface area contributed by atoms with Crippen molar-refractivity contribution in [2.45, 2.75) is 57.0 Å². The van der Waals surface area contributed by atoms with Crippen molar-refractivity contribution in [3.63, 3.8) is 0 Å². The van der Waals surface area contributed by atoms with Gasteiger partial charge in [0.15, 0.2) is 11.6 Å². The second kappa shape index (κ2) is 9.11. The van der Waals surface area contributed by atoms with Gasteiger partial charge >= 0.3 is 5.82 Å². The number of nitrogens with zero attached hydrogens (tertiary/aromatic N) is 5. The molecule has 1 saturated heterocycles. The van der Waals surface area contributed by atoms with Crippen molar-refractivity contribution in [1.29, 1.82) is 0 Å². The fourth-order valence-electron chi connectivity index (χ4n) is 8.09. The Kier molecular flexibility index (Phi) is 6.13. The number of hydrogen-bond acceptors (Lipinski definition) is 5. The summed E-state index contributed by atoms with van der Waals surface area (Å²) in [6, 6.07) is 4.24. The van der Waals surface area contributed by atoms with E-state index in [4.69, 9.17) is 0 Å². The minimum atomic E-state index is -0.836. The van der Waals surface area contributed by atoms with Gasteiger partial charge in [0.1, 0.15) is 4.47 Å². The summed E-state index contributed by atoms with van der Waals surface area (Å²) >= 11 is 3.31. The molecule has 2 aromatic rings. The third kappa shape index (κ3) is 4.47. The van der Waals surface area contributed by atoms with Crippen molar-refractivity contribution in [2.75, 3.05) is 26.2 Å². The van der Waals surface area contributed by atoms with Gasteiger partial charge in [-0.05, 0) is 82.7 Å². The van der Waals surface area contributed by atoms with Crippen LogP contribution in [-0.4, -0.2) is 56.6 Å². The molecule has 2 heterocycles. The maximum atomic E-state index is 14.1. The third-order valence-corrected chi connectivity index (χ3v) is 9.70. The van der Waals surface area contributed by atoms with Gasteiger partial charge in [0.25, 0.3) is 0 Å². The molecule has 8 nitrogen and oxygen atoms in total. The number of piperazine rings is 1. The van der Waals surface area contributed by atoms with Gasteiger partial charge in [-0.3, -0.25) is 9.69 Å². The molecular formula is C26H30BrF2N5O3. The lowest BCUT2D eigenvalue weighted by atomic mass is 9.46. The van der Waals surface area contributed by atoms with Crippen LogP contribution in [0.2, 0.25) is 0 Å². The summed E-state index contributed by atoms with van der Waals surface area (Å²) < 4.78 is 29.9. The summed E-state index contributed by atoms with van der Waals surface area (Å²) in [6.45, 7) is 2.71. The number of carbonyl (C=O) groups excluding carboxylic acids is 1. The standard InChI is InChI=1S/C26H30BrF2N5O3/c27-20-15-33(30-24(20)34(36)37)26-11-17-8-18(12-26)10-25(9-17,16-26)13-22(35)32-6-4-31(5-7-32)14-19-2-1-3-21(28)23(19)29/h1-3,15,17-18H,4-14,16H2. The van der Waals surface area contributed by atoms with Crippen molar-refractivity contribution in [1.82, 2.24) is 19.6 Å². The minimum Gasteiger partial charge on any atom is -0.358 e. The highest BCUT2D eigenvalue weighted by atomic mass is 79.9. The zero-order valence-corrected chi connectivity index (χ0v) is 22.1. The molecule has 0 radical (unpaired) electrons. The zero-order valence-electron chi connectivity index (χ0n) is 20.5. The minimum absolute atomic E-state index is 0.101. The van der Waals surface area contributed by atoms with Crippen molar-refractivity contribution < 1.29 is 18.5 Å². The summed E-state index contributed by atoms with van der Waals surface area (Å²) in [7, 11) is 0. The van der Waals surface area contributed by atoms with Gasteiger partial charge in [-0.2, -0.15) is 4.68 Å². The molecule has 11 heteroatoms. The molecule has 1 aromatic heterocycles. The fourth-order valence-corrected chi connectivity index (χ4v) is 8.50. The molecule has 0 spiro atoms. The van der Waals surface area contributed by atoms with Crippen molar-refractivity contribution in [3.8, 4) is 0 Å². The third-order valence-electron chi connectivity index (χ3n) is 9.14. The van der Waals surface area contributed by atoms with Crippen molar-refractivity contribution >= 4 is 27.7 Å². The van der Waals surface area contributed by atoms with Gasteiger partial charge in [-0.25, -0.2) is 8.78 Å². The first-order chi connectivity index (χ1) is 17.7. The molecular weight excluding hydrogens is 548 g/mol. The molecule has 37 heavy (non-hydrogen) atoms. The number of carbonyl (C=O) groups is 1. The predicted octanol–water partition coefficient (Wildman–Crippen LogP) is 4.86. The van der Waals surface area contributed by atoms with Gasteiger partial charge in [0.2, 0.25) is 5.91 Å². The molecule has 5 fully saturated rings. The van der Waals surface area contributed by atoms with Crippen LogP contribution < -0.4 is 0 Å². The van der Waals surface area contributed by atoms with Crippen LogP contribution >= 0.6 is 15.9 Å². The quantitative estimate of drug-likeness (QED) is 0.361. The Bertz CT molecular complexity index is 1230. The normalized spacial score (nSPS) is 31.2. The van der Waals surface area contributed by atoms with Gasteiger partial charge in [0.05, 0.1) is 16.8 Å². The average Bonchev–Trinajstić information content (AvgIpc) is 3.24. The van der Waals surface area contributed by atoms with E-state index in [1.165, 1.54) is 6.07 Å². The Morgan fingerprint density at radius 2 is 1.84 bits per heavy atom. The molecule has 4 bridgehead atoms. The monoisotopic (exact) mass is 577 g/mol. The van der Waals surface area contributed by atoms with Crippen LogP contribution in [0.4, 0.5) is 14.6 Å². The van der Waals surface area contributed by atoms with E-state index in [0.717, 1.165) is 44.6 Å². The number of benzene rings is 1. The summed E-state index contributed by atoms with van der Waals surface area (Å²) in [5.41, 5.74) is -0.0328. The van der Waals surface area contributed by atoms with Crippen molar-refractivity contribution in [2.24, 2.45) is 17.3 Å². The van der Waals surface area contributed by atoms with Crippen LogP contribution in [-0.2, 0) is 16.9 Å². The largest absolute Gasteiger partial charge is 0.404 e. The molecule has 1 amide bonds. The van der Waals surface area contributed by atoms with E-state index in [2.05, 4.69) is 25.9 Å². The van der Waals surface area contributed by atoms with Crippen LogP contribution in [0.15, 0.2) is 28.9 Å². The lowest BCUT2D eigenvalue weighted by molar-refractivity contribution is -0.390. The number of aromatic nitrogens is 2. The second-order valence-electron chi connectivity index (χ2n) is 11.7. The van der Waals surface area contributed by atoms with E-state index in [-0.39, 0.29) is 22.7 Å². The first-order valence-corrected chi connectivity index (χ1v) is 13.8. The average molecular weight is 578 g/mol. The molecule has 0 N–H and O–H groups in total. The molecule has 1 aromatic carbocycles. The number of amides is 1. The molecule has 4 saturated carbocycles. The lowest BCUT2D eigenvalue weighted by Gasteiger charge is -2.61. The molecule has 2 unspecified atom stereocenters. The number of hydrogen-bond donors (Lipinski definition) is 0. The van der Waals surface area contributed by atoms with Crippen LogP contribution in [0.3, 0.4) is 0 Å². The first-order valence-electron chi connectivity index (χ1n) is 13.0. The molecule has 2 atom stereocenters. The maximum Gasteiger partial charge on any atom is 0.404 e. The van der Waals surface area contributed by atoms with E-state index in [9.17, 15) is 23.7 Å². The van der Waals surface area contributed by atoms with Gasteiger partial charge in [-0.1, -0.05) is 12.1 Å². The van der Waals surface area contributed by atoms with Gasteiger partial charge < -0.3 is 15.0 Å². The summed E-state index contributed by atoms with van der Waals surface area (Å²) in [5, 5.41) is 15.8. The Morgan fingerprint density at radius 1 is 1.14 bits per heavy atom. The number of nitro groups is 1. The SMILES string of the molecule is O=C(CC12CC3CC(C1)CC(n1cc(Br)c([N+](=O)[O-])n1)(C3)C2)N1CCN(Cc2cccc(F)c2F)CC1. The van der Waals surface area contributed by atoms with Crippen LogP contribution in [0.5, 0.6) is 0 Å². The highest BCUT2D eigenvalue weighted by Crippen LogP contribution is 2.65. The van der Waals surface area contributed by atoms with Crippen LogP contribution in [0.25, 0.3) is 0 Å². The molecule has 7 rings (SSSR count). The first kappa shape index (κ1) is 24.9. The van der Waals surface area contributed by atoms with Crippen LogP contribution in [0.1, 0.15) is 50.5 Å². The molecule has 4 aliphatic carbocycles. The molecule has 198 valence electrons. The fraction of sp³-hybridized carbons (Fsp3) is 0.615. The predicted molar refractivity (Wildman–Crippen MR) is 135 cm³/mol. The summed E-state index contributed by atoms with van der Waals surface area (Å²) in [5.74, 6) is -0.621. The Morgan fingerprint density at radius 3 is 2.49 bits per heavy atom. The number of rotatable bonds is 6. The summed E-state index contributed by atoms with van der Waals surface area (Å²) in [4.78, 5) is 28.4. The molecule has 5 aliphatic rings. The van der Waals surface area contributed by atoms with E-state index >= 15 is 0 Å². The second-order valence-corrected chi connectivity index (χ2v) is 12.6. The van der Waals surface area contributed by atoms with E-state index in [1.54, 1.807) is 12.3 Å². The lowest BCUT2D eigenvalue weighted by Crippen LogP contribution is -2.58. The van der Waals surface area contributed by atoms with Gasteiger partial charge in [0, 0.05) is 44.7 Å². The van der Waals surface area contributed by atoms with Crippen molar-refractivity contribution in [3.05, 3.63) is 56.2 Å². The number of halogens is 3. The Balaban J connectivity index is 1.13. The molecule has 1 aliphatic heterocycles. The van der Waals surface area contributed by atoms with Gasteiger partial charge in [-0.15, -0.1) is 0 Å². The maximum absolute atomic E-state index is 14.1. The van der Waals surface area contributed by atoms with E-state index in [1.807, 2.05) is 9.58 Å². The van der Waals surface area contributed by atoms with E-state index < -0.39 is 16.6 Å². The highest BCUT2D eigenvalue weighted by Gasteiger charge is 2.60. The smallest absolute Gasteiger partial charge is 0.358 e. The highest BCUT2D eigenvalue weighted by molar-refractivity contribution is 9.10. The zero-order chi connectivity index (χ0) is 25.9. The summed E-state index contributed by atoms with van der Waals surface area (Å²) in [6.07, 6.45) is 8.20. The van der Waals surface area contributed by atoms with E-state index in [0.29, 0.717) is 61.0 Å². The topological polar surface area (TPSA) is 84.5 Å². The van der Waals surface area contributed by atoms with Crippen LogP contribution in [0, 0.1) is 39.0 Å². The Labute approximate surface area is 222 Å². The Hall–Kier alpha value is -2.40.